The molecule has 3 rings (SSSR count). The monoisotopic (exact) mass is 302 g/mol. The maximum atomic E-state index is 13.6. The lowest BCUT2D eigenvalue weighted by atomic mass is 10.1. The van der Waals surface area contributed by atoms with Gasteiger partial charge in [-0.2, -0.15) is 0 Å². The Kier molecular flexibility index (Phi) is 3.34. The quantitative estimate of drug-likeness (QED) is 0.854. The first kappa shape index (κ1) is 13.4. The summed E-state index contributed by atoms with van der Waals surface area (Å²) in [5.41, 5.74) is 0.104. The Labute approximate surface area is 117 Å². The van der Waals surface area contributed by atoms with Crippen molar-refractivity contribution in [3.63, 3.8) is 0 Å². The maximum Gasteiger partial charge on any atom is 0.154 e. The van der Waals surface area contributed by atoms with E-state index in [0.29, 0.717) is 0 Å². The fourth-order valence-corrected chi connectivity index (χ4v) is 5.43. The van der Waals surface area contributed by atoms with E-state index in [2.05, 4.69) is 0 Å². The fourth-order valence-electron chi connectivity index (χ4n) is 3.28. The summed E-state index contributed by atoms with van der Waals surface area (Å²) in [7, 11) is -3.29. The van der Waals surface area contributed by atoms with E-state index in [1.165, 1.54) is 24.6 Å². The Morgan fingerprint density at radius 3 is 2.53 bits per heavy atom. The van der Waals surface area contributed by atoms with Crippen LogP contribution in [0.15, 0.2) is 18.2 Å². The average molecular weight is 303 g/mol. The highest BCUT2D eigenvalue weighted by atomic mass is 35.5. The SMILES string of the molecule is O=S(=O)(Cc1c(F)cccc1Cl)CC1CC2CC2C1. The van der Waals surface area contributed by atoms with Gasteiger partial charge in [0.1, 0.15) is 5.82 Å². The van der Waals surface area contributed by atoms with Gasteiger partial charge in [-0.05, 0) is 49.1 Å². The summed E-state index contributed by atoms with van der Waals surface area (Å²) >= 11 is 5.88. The molecule has 2 aliphatic rings. The highest BCUT2D eigenvalue weighted by Crippen LogP contribution is 2.54. The van der Waals surface area contributed by atoms with Crippen molar-refractivity contribution in [1.82, 2.24) is 0 Å². The van der Waals surface area contributed by atoms with Crippen LogP contribution in [0.1, 0.15) is 24.8 Å². The summed E-state index contributed by atoms with van der Waals surface area (Å²) in [6.07, 6.45) is 3.32. The zero-order valence-electron chi connectivity index (χ0n) is 10.5. The van der Waals surface area contributed by atoms with E-state index in [4.69, 9.17) is 11.6 Å². The Balaban J connectivity index is 1.70. The van der Waals surface area contributed by atoms with Crippen molar-refractivity contribution in [3.05, 3.63) is 34.6 Å². The van der Waals surface area contributed by atoms with Crippen molar-refractivity contribution in [1.29, 1.82) is 0 Å². The summed E-state index contributed by atoms with van der Waals surface area (Å²) in [6.45, 7) is 0. The molecule has 19 heavy (non-hydrogen) atoms. The predicted molar refractivity (Wildman–Crippen MR) is 73.2 cm³/mol. The van der Waals surface area contributed by atoms with Gasteiger partial charge in [-0.25, -0.2) is 12.8 Å². The lowest BCUT2D eigenvalue weighted by molar-refractivity contribution is 0.517. The molecule has 1 aromatic rings. The molecule has 2 saturated carbocycles. The topological polar surface area (TPSA) is 34.1 Å². The summed E-state index contributed by atoms with van der Waals surface area (Å²) in [4.78, 5) is 0. The molecule has 0 aromatic heterocycles. The number of hydrogen-bond acceptors (Lipinski definition) is 2. The van der Waals surface area contributed by atoms with Gasteiger partial charge in [0.25, 0.3) is 0 Å². The highest BCUT2D eigenvalue weighted by Gasteiger charge is 2.46. The van der Waals surface area contributed by atoms with Crippen LogP contribution in [0.3, 0.4) is 0 Å². The van der Waals surface area contributed by atoms with E-state index in [0.717, 1.165) is 24.7 Å². The molecule has 0 amide bonds. The van der Waals surface area contributed by atoms with Gasteiger partial charge in [0.15, 0.2) is 9.84 Å². The smallest absolute Gasteiger partial charge is 0.154 e. The van der Waals surface area contributed by atoms with Crippen LogP contribution < -0.4 is 0 Å². The molecule has 0 spiro atoms. The van der Waals surface area contributed by atoms with E-state index in [1.807, 2.05) is 0 Å². The van der Waals surface area contributed by atoms with Crippen molar-refractivity contribution >= 4 is 21.4 Å². The number of fused-ring (bicyclic) bond motifs is 1. The minimum atomic E-state index is -3.29. The van der Waals surface area contributed by atoms with Crippen molar-refractivity contribution in [2.24, 2.45) is 17.8 Å². The molecule has 2 fully saturated rings. The zero-order valence-corrected chi connectivity index (χ0v) is 12.1. The van der Waals surface area contributed by atoms with Crippen LogP contribution in [0.2, 0.25) is 5.02 Å². The largest absolute Gasteiger partial charge is 0.228 e. The molecule has 0 aliphatic heterocycles. The number of sulfone groups is 1. The third-order valence-corrected chi connectivity index (χ3v) is 6.32. The van der Waals surface area contributed by atoms with E-state index in [1.54, 1.807) is 0 Å². The standard InChI is InChI=1S/C14H16ClFO2S/c15-13-2-1-3-14(16)12(13)8-19(17,18)7-9-4-10-6-11(10)5-9/h1-3,9-11H,4-8H2. The molecule has 104 valence electrons. The van der Waals surface area contributed by atoms with E-state index in [-0.39, 0.29) is 28.0 Å². The highest BCUT2D eigenvalue weighted by molar-refractivity contribution is 7.90. The molecule has 5 heteroatoms. The molecule has 2 atom stereocenters. The van der Waals surface area contributed by atoms with Gasteiger partial charge < -0.3 is 0 Å². The molecule has 2 aliphatic carbocycles. The number of rotatable bonds is 4. The van der Waals surface area contributed by atoms with Crippen molar-refractivity contribution < 1.29 is 12.8 Å². The van der Waals surface area contributed by atoms with Crippen LogP contribution in [-0.2, 0) is 15.6 Å². The summed E-state index contributed by atoms with van der Waals surface area (Å²) in [5.74, 6) is 1.13. The molecule has 0 radical (unpaired) electrons. The zero-order chi connectivity index (χ0) is 13.6. The molecule has 0 saturated heterocycles. The fraction of sp³-hybridized carbons (Fsp3) is 0.571. The Bertz CT molecular complexity index is 569. The average Bonchev–Trinajstić information content (AvgIpc) is 2.92. The van der Waals surface area contributed by atoms with Crippen LogP contribution in [0.4, 0.5) is 4.39 Å². The lowest BCUT2D eigenvalue weighted by Gasteiger charge is -2.13. The molecular weight excluding hydrogens is 287 g/mol. The van der Waals surface area contributed by atoms with Gasteiger partial charge in [0, 0.05) is 10.6 Å². The van der Waals surface area contributed by atoms with Crippen molar-refractivity contribution in [2.75, 3.05) is 5.75 Å². The first-order chi connectivity index (χ1) is 8.94. The number of benzene rings is 1. The summed E-state index contributed by atoms with van der Waals surface area (Å²) < 4.78 is 37.9. The van der Waals surface area contributed by atoms with Crippen LogP contribution in [0.25, 0.3) is 0 Å². The molecular formula is C14H16ClFO2S. The molecule has 1 aromatic carbocycles. The van der Waals surface area contributed by atoms with Crippen LogP contribution in [-0.4, -0.2) is 14.2 Å². The third kappa shape index (κ3) is 2.95. The predicted octanol–water partition coefficient (Wildman–Crippen LogP) is 3.44. The Hall–Kier alpha value is -0.610. The van der Waals surface area contributed by atoms with Gasteiger partial charge in [-0.3, -0.25) is 0 Å². The number of halogens is 2. The van der Waals surface area contributed by atoms with Crippen LogP contribution in [0, 0.1) is 23.6 Å². The van der Waals surface area contributed by atoms with Crippen molar-refractivity contribution in [3.8, 4) is 0 Å². The van der Waals surface area contributed by atoms with E-state index >= 15 is 0 Å². The molecule has 0 heterocycles. The minimum absolute atomic E-state index is 0.104. The first-order valence-electron chi connectivity index (χ1n) is 6.58. The summed E-state index contributed by atoms with van der Waals surface area (Å²) in [5, 5.41) is 0.192. The van der Waals surface area contributed by atoms with Gasteiger partial charge in [-0.1, -0.05) is 17.7 Å². The Morgan fingerprint density at radius 1 is 1.21 bits per heavy atom. The molecule has 0 N–H and O–H groups in total. The molecule has 2 unspecified atom stereocenters. The van der Waals surface area contributed by atoms with Gasteiger partial charge in [0.2, 0.25) is 0 Å². The lowest BCUT2D eigenvalue weighted by Crippen LogP contribution is -2.17. The van der Waals surface area contributed by atoms with E-state index in [9.17, 15) is 12.8 Å². The first-order valence-corrected chi connectivity index (χ1v) is 8.78. The minimum Gasteiger partial charge on any atom is -0.228 e. The normalized spacial score (nSPS) is 29.3. The van der Waals surface area contributed by atoms with Gasteiger partial charge >= 0.3 is 0 Å². The summed E-state index contributed by atoms with van der Waals surface area (Å²) in [6, 6.07) is 4.26. The third-order valence-electron chi connectivity index (χ3n) is 4.26. The maximum absolute atomic E-state index is 13.6. The van der Waals surface area contributed by atoms with Crippen LogP contribution >= 0.6 is 11.6 Å². The Morgan fingerprint density at radius 2 is 1.89 bits per heavy atom. The van der Waals surface area contributed by atoms with Gasteiger partial charge in [0.05, 0.1) is 11.5 Å². The number of hydrogen-bond donors (Lipinski definition) is 0. The van der Waals surface area contributed by atoms with E-state index < -0.39 is 15.7 Å². The van der Waals surface area contributed by atoms with Gasteiger partial charge in [-0.15, -0.1) is 0 Å². The second-order valence-electron chi connectivity index (χ2n) is 5.85. The molecule has 0 bridgehead atoms. The van der Waals surface area contributed by atoms with Crippen LogP contribution in [0.5, 0.6) is 0 Å². The second-order valence-corrected chi connectivity index (χ2v) is 8.36. The van der Waals surface area contributed by atoms with Crippen molar-refractivity contribution in [2.45, 2.75) is 25.0 Å². The molecule has 2 nitrogen and oxygen atoms in total. The second kappa shape index (κ2) is 4.74.